The van der Waals surface area contributed by atoms with Crippen molar-refractivity contribution in [2.45, 2.75) is 11.8 Å². The Hall–Kier alpha value is -2.59. The fraction of sp³-hybridized carbons (Fsp3) is 0.136. The lowest BCUT2D eigenvalue weighted by atomic mass is 10.2. The summed E-state index contributed by atoms with van der Waals surface area (Å²) in [5, 5.41) is 2.75. The molecule has 0 atom stereocenters. The molecule has 1 amide bonds. The number of aryl methyl sites for hydroxylation is 1. The predicted octanol–water partition coefficient (Wildman–Crippen LogP) is 4.44. The molecule has 1 N–H and O–H groups in total. The maximum Gasteiger partial charge on any atom is 0.264 e. The summed E-state index contributed by atoms with van der Waals surface area (Å²) in [4.78, 5) is 12.8. The zero-order chi connectivity index (χ0) is 21.7. The van der Waals surface area contributed by atoms with Gasteiger partial charge in [-0.05, 0) is 89.7 Å². The van der Waals surface area contributed by atoms with Crippen LogP contribution < -0.4 is 14.4 Å². The zero-order valence-corrected chi connectivity index (χ0v) is 19.5. The van der Waals surface area contributed by atoms with Crippen LogP contribution in [0.5, 0.6) is 5.75 Å². The third-order valence-corrected chi connectivity index (χ3v) is 6.90. The van der Waals surface area contributed by atoms with Crippen molar-refractivity contribution in [1.29, 1.82) is 0 Å². The molecule has 0 aliphatic carbocycles. The highest BCUT2D eigenvalue weighted by Crippen LogP contribution is 2.27. The van der Waals surface area contributed by atoms with Gasteiger partial charge in [0.1, 0.15) is 12.3 Å². The van der Waals surface area contributed by atoms with E-state index in [1.165, 1.54) is 13.2 Å². The second-order valence-electron chi connectivity index (χ2n) is 6.53. The first kappa shape index (κ1) is 22.1. The van der Waals surface area contributed by atoms with Crippen molar-refractivity contribution in [2.75, 3.05) is 23.3 Å². The molecule has 0 saturated carbocycles. The van der Waals surface area contributed by atoms with Crippen LogP contribution in [0.2, 0.25) is 0 Å². The Morgan fingerprint density at radius 1 is 1.03 bits per heavy atom. The van der Waals surface area contributed by atoms with Crippen molar-refractivity contribution >= 4 is 49.9 Å². The molecule has 30 heavy (non-hydrogen) atoms. The molecule has 3 aromatic rings. The number of carbonyl (C=O) groups excluding carboxylic acids is 1. The number of halogens is 1. The molecule has 0 radical (unpaired) electrons. The number of benzene rings is 3. The van der Waals surface area contributed by atoms with Gasteiger partial charge in [-0.25, -0.2) is 8.42 Å². The number of sulfonamides is 1. The van der Waals surface area contributed by atoms with Crippen molar-refractivity contribution in [2.24, 2.45) is 0 Å². The summed E-state index contributed by atoms with van der Waals surface area (Å²) in [5.41, 5.74) is 1.70. The summed E-state index contributed by atoms with van der Waals surface area (Å²) in [6.45, 7) is 1.41. The van der Waals surface area contributed by atoms with Crippen molar-refractivity contribution in [3.63, 3.8) is 0 Å². The van der Waals surface area contributed by atoms with Crippen molar-refractivity contribution in [3.05, 3.63) is 81.9 Å². The Bertz CT molecular complexity index is 1130. The first-order valence-corrected chi connectivity index (χ1v) is 11.6. The second-order valence-corrected chi connectivity index (χ2v) is 9.64. The lowest BCUT2D eigenvalue weighted by molar-refractivity contribution is -0.114. The smallest absolute Gasteiger partial charge is 0.264 e. The number of ether oxygens (including phenoxy) is 1. The van der Waals surface area contributed by atoms with Gasteiger partial charge in [-0.3, -0.25) is 9.10 Å². The standard InChI is InChI=1S/C22H21IN2O4S/c1-16-14-20(12-13-21(16)29-2)30(27,28)25(19-6-4-3-5-7-19)15-22(26)24-18-10-8-17(23)9-11-18/h3-14H,15H2,1-2H3,(H,24,26). The second kappa shape index (κ2) is 9.48. The molecular weight excluding hydrogens is 515 g/mol. The molecule has 0 aromatic heterocycles. The van der Waals surface area contributed by atoms with Crippen LogP contribution in [-0.4, -0.2) is 28.0 Å². The minimum Gasteiger partial charge on any atom is -0.496 e. The number of amides is 1. The Kier molecular flexibility index (Phi) is 6.99. The van der Waals surface area contributed by atoms with Gasteiger partial charge in [0, 0.05) is 9.26 Å². The molecule has 0 saturated heterocycles. The normalized spacial score (nSPS) is 11.0. The van der Waals surface area contributed by atoms with E-state index in [-0.39, 0.29) is 11.4 Å². The van der Waals surface area contributed by atoms with Gasteiger partial charge >= 0.3 is 0 Å². The number of para-hydroxylation sites is 1. The van der Waals surface area contributed by atoms with Crippen LogP contribution in [0.1, 0.15) is 5.56 Å². The van der Waals surface area contributed by atoms with Crippen LogP contribution in [0.15, 0.2) is 77.7 Å². The number of rotatable bonds is 7. The minimum absolute atomic E-state index is 0.0896. The number of nitrogens with one attached hydrogen (secondary N) is 1. The molecule has 0 fully saturated rings. The fourth-order valence-electron chi connectivity index (χ4n) is 2.91. The Morgan fingerprint density at radius 3 is 2.30 bits per heavy atom. The summed E-state index contributed by atoms with van der Waals surface area (Å²) in [7, 11) is -2.45. The van der Waals surface area contributed by atoms with Gasteiger partial charge in [0.2, 0.25) is 5.91 Å². The van der Waals surface area contributed by atoms with Crippen LogP contribution in [0.3, 0.4) is 0 Å². The summed E-state index contributed by atoms with van der Waals surface area (Å²) in [5.74, 6) is 0.158. The molecule has 0 aliphatic rings. The molecule has 156 valence electrons. The number of nitrogens with zero attached hydrogens (tertiary/aromatic N) is 1. The number of methoxy groups -OCH3 is 1. The predicted molar refractivity (Wildman–Crippen MR) is 126 cm³/mol. The summed E-state index contributed by atoms with van der Waals surface area (Å²) in [6, 6.07) is 20.5. The van der Waals surface area contributed by atoms with Gasteiger partial charge < -0.3 is 10.1 Å². The number of hydrogen-bond acceptors (Lipinski definition) is 4. The van der Waals surface area contributed by atoms with Crippen LogP contribution in [-0.2, 0) is 14.8 Å². The number of carbonyl (C=O) groups is 1. The molecule has 6 nitrogen and oxygen atoms in total. The first-order valence-electron chi connectivity index (χ1n) is 9.09. The number of anilines is 2. The largest absolute Gasteiger partial charge is 0.496 e. The average Bonchev–Trinajstić information content (AvgIpc) is 2.74. The van der Waals surface area contributed by atoms with Gasteiger partial charge in [-0.2, -0.15) is 0 Å². The van der Waals surface area contributed by atoms with Gasteiger partial charge in [0.15, 0.2) is 0 Å². The van der Waals surface area contributed by atoms with Crippen molar-refractivity contribution in [1.82, 2.24) is 0 Å². The van der Waals surface area contributed by atoms with Crippen LogP contribution in [0.4, 0.5) is 11.4 Å². The van der Waals surface area contributed by atoms with E-state index in [2.05, 4.69) is 27.9 Å². The van der Waals surface area contributed by atoms with E-state index in [1.54, 1.807) is 61.5 Å². The highest BCUT2D eigenvalue weighted by molar-refractivity contribution is 14.1. The van der Waals surface area contributed by atoms with E-state index in [9.17, 15) is 13.2 Å². The van der Waals surface area contributed by atoms with E-state index in [0.717, 1.165) is 7.88 Å². The highest BCUT2D eigenvalue weighted by Gasteiger charge is 2.27. The summed E-state index contributed by atoms with van der Waals surface area (Å²) in [6.07, 6.45) is 0. The molecule has 0 aliphatic heterocycles. The Morgan fingerprint density at radius 2 is 1.70 bits per heavy atom. The van der Waals surface area contributed by atoms with Crippen LogP contribution in [0, 0.1) is 10.5 Å². The lowest BCUT2D eigenvalue weighted by Crippen LogP contribution is -2.38. The molecule has 3 aromatic carbocycles. The van der Waals surface area contributed by atoms with Crippen LogP contribution in [0.25, 0.3) is 0 Å². The Balaban J connectivity index is 1.93. The molecular formula is C22H21IN2O4S. The van der Waals surface area contributed by atoms with Crippen molar-refractivity contribution < 1.29 is 17.9 Å². The lowest BCUT2D eigenvalue weighted by Gasteiger charge is -2.24. The molecule has 0 unspecified atom stereocenters. The molecule has 3 rings (SSSR count). The van der Waals surface area contributed by atoms with Gasteiger partial charge in [0.25, 0.3) is 10.0 Å². The maximum absolute atomic E-state index is 13.4. The minimum atomic E-state index is -3.98. The third-order valence-electron chi connectivity index (χ3n) is 4.41. The van der Waals surface area contributed by atoms with Gasteiger partial charge in [-0.1, -0.05) is 18.2 Å². The summed E-state index contributed by atoms with van der Waals surface area (Å²) < 4.78 is 34.2. The Labute approximate surface area is 190 Å². The van der Waals surface area contributed by atoms with E-state index in [0.29, 0.717) is 22.7 Å². The maximum atomic E-state index is 13.4. The van der Waals surface area contributed by atoms with E-state index < -0.39 is 15.9 Å². The third kappa shape index (κ3) is 5.11. The molecule has 8 heteroatoms. The zero-order valence-electron chi connectivity index (χ0n) is 16.5. The highest BCUT2D eigenvalue weighted by atomic mass is 127. The van der Waals surface area contributed by atoms with E-state index >= 15 is 0 Å². The van der Waals surface area contributed by atoms with Gasteiger partial charge in [-0.15, -0.1) is 0 Å². The summed E-state index contributed by atoms with van der Waals surface area (Å²) >= 11 is 2.17. The van der Waals surface area contributed by atoms with Crippen molar-refractivity contribution in [3.8, 4) is 5.75 Å². The van der Waals surface area contributed by atoms with E-state index in [1.807, 2.05) is 12.1 Å². The topological polar surface area (TPSA) is 75.7 Å². The average molecular weight is 536 g/mol. The SMILES string of the molecule is COc1ccc(S(=O)(=O)N(CC(=O)Nc2ccc(I)cc2)c2ccccc2)cc1C. The van der Waals surface area contributed by atoms with Crippen LogP contribution >= 0.6 is 22.6 Å². The molecule has 0 heterocycles. The molecule has 0 spiro atoms. The van der Waals surface area contributed by atoms with Gasteiger partial charge in [0.05, 0.1) is 17.7 Å². The monoisotopic (exact) mass is 536 g/mol. The van der Waals surface area contributed by atoms with E-state index in [4.69, 9.17) is 4.74 Å². The quantitative estimate of drug-likeness (QED) is 0.453. The fourth-order valence-corrected chi connectivity index (χ4v) is 4.78. The number of hydrogen-bond donors (Lipinski definition) is 1. The molecule has 0 bridgehead atoms. The first-order chi connectivity index (χ1) is 14.3.